The van der Waals surface area contributed by atoms with E-state index in [-0.39, 0.29) is 17.9 Å². The summed E-state index contributed by atoms with van der Waals surface area (Å²) in [7, 11) is 0. The van der Waals surface area contributed by atoms with Crippen LogP contribution in [0.3, 0.4) is 0 Å². The monoisotopic (exact) mass is 327 g/mol. The van der Waals surface area contributed by atoms with Crippen LogP contribution in [-0.4, -0.2) is 23.0 Å². The van der Waals surface area contributed by atoms with Crippen LogP contribution in [0.4, 0.5) is 0 Å². The molecule has 0 saturated heterocycles. The Bertz CT molecular complexity index is 763. The fourth-order valence-electron chi connectivity index (χ4n) is 3.29. The van der Waals surface area contributed by atoms with Gasteiger partial charge in [0.25, 0.3) is 5.91 Å². The maximum absolute atomic E-state index is 12.8. The molecule has 0 bridgehead atoms. The van der Waals surface area contributed by atoms with Crippen LogP contribution < -0.4 is 5.32 Å². The van der Waals surface area contributed by atoms with Crippen molar-refractivity contribution in [3.05, 3.63) is 47.2 Å². The molecule has 1 fully saturated rings. The van der Waals surface area contributed by atoms with E-state index in [0.29, 0.717) is 36.3 Å². The molecule has 1 saturated carbocycles. The summed E-state index contributed by atoms with van der Waals surface area (Å²) in [6.07, 6.45) is 1.78. The molecule has 0 unspecified atom stereocenters. The van der Waals surface area contributed by atoms with Gasteiger partial charge in [0.05, 0.1) is 11.5 Å². The normalized spacial score (nSPS) is 20.1. The van der Waals surface area contributed by atoms with E-state index in [1.807, 2.05) is 44.2 Å². The Morgan fingerprint density at radius 2 is 1.88 bits per heavy atom. The summed E-state index contributed by atoms with van der Waals surface area (Å²) < 4.78 is 5.82. The third kappa shape index (κ3) is 3.07. The zero-order chi connectivity index (χ0) is 17.3. The standard InChI is InChI=1S/C19H21NO4/c1-11-12(2)24-17(13-6-4-3-5-7-13)16(11)18(21)20-15-9-8-14(10-15)19(22)23/h3-7,14-15H,8-10H2,1-2H3,(H,20,21)(H,22,23)/t14-,15+/m0/s1. The minimum absolute atomic E-state index is 0.100. The van der Waals surface area contributed by atoms with Crippen LogP contribution in [0.1, 0.15) is 40.9 Å². The van der Waals surface area contributed by atoms with Gasteiger partial charge in [-0.05, 0) is 33.1 Å². The van der Waals surface area contributed by atoms with Crippen LogP contribution in [0.2, 0.25) is 0 Å². The molecule has 1 aromatic carbocycles. The van der Waals surface area contributed by atoms with Crippen molar-refractivity contribution in [1.29, 1.82) is 0 Å². The lowest BCUT2D eigenvalue weighted by atomic mass is 10.0. The first-order valence-electron chi connectivity index (χ1n) is 8.16. The first kappa shape index (κ1) is 16.3. The highest BCUT2D eigenvalue weighted by molar-refractivity contribution is 6.01. The molecule has 5 nitrogen and oxygen atoms in total. The summed E-state index contributed by atoms with van der Waals surface area (Å²) in [6, 6.07) is 9.43. The second-order valence-corrected chi connectivity index (χ2v) is 6.37. The van der Waals surface area contributed by atoms with Crippen LogP contribution in [0, 0.1) is 19.8 Å². The van der Waals surface area contributed by atoms with Gasteiger partial charge in [0, 0.05) is 17.2 Å². The highest BCUT2D eigenvalue weighted by Crippen LogP contribution is 2.32. The van der Waals surface area contributed by atoms with Crippen molar-refractivity contribution >= 4 is 11.9 Å². The molecule has 126 valence electrons. The van der Waals surface area contributed by atoms with E-state index < -0.39 is 5.97 Å². The summed E-state index contributed by atoms with van der Waals surface area (Å²) in [5, 5.41) is 12.1. The summed E-state index contributed by atoms with van der Waals surface area (Å²) in [5.74, 6) is -0.0629. The largest absolute Gasteiger partial charge is 0.481 e. The van der Waals surface area contributed by atoms with Crippen LogP contribution in [0.15, 0.2) is 34.7 Å². The van der Waals surface area contributed by atoms with Crippen LogP contribution in [-0.2, 0) is 4.79 Å². The van der Waals surface area contributed by atoms with Crippen molar-refractivity contribution in [1.82, 2.24) is 5.32 Å². The number of carboxylic acids is 1. The third-order valence-corrected chi connectivity index (χ3v) is 4.77. The van der Waals surface area contributed by atoms with E-state index >= 15 is 0 Å². The molecule has 1 aliphatic carbocycles. The minimum Gasteiger partial charge on any atom is -0.481 e. The van der Waals surface area contributed by atoms with Gasteiger partial charge in [0.15, 0.2) is 0 Å². The quantitative estimate of drug-likeness (QED) is 0.900. The fourth-order valence-corrected chi connectivity index (χ4v) is 3.29. The van der Waals surface area contributed by atoms with Gasteiger partial charge in [-0.3, -0.25) is 9.59 Å². The fraction of sp³-hybridized carbons (Fsp3) is 0.368. The molecular formula is C19H21NO4. The number of furan rings is 1. The number of amides is 1. The Morgan fingerprint density at radius 1 is 1.17 bits per heavy atom. The van der Waals surface area contributed by atoms with Gasteiger partial charge in [-0.1, -0.05) is 30.3 Å². The predicted octanol–water partition coefficient (Wildman–Crippen LogP) is 3.55. The Hall–Kier alpha value is -2.56. The summed E-state index contributed by atoms with van der Waals surface area (Å²) in [5.41, 5.74) is 2.21. The molecule has 5 heteroatoms. The van der Waals surface area contributed by atoms with Gasteiger partial charge >= 0.3 is 5.97 Å². The number of hydrogen-bond donors (Lipinski definition) is 2. The molecule has 2 aromatic rings. The maximum Gasteiger partial charge on any atom is 0.306 e. The highest BCUT2D eigenvalue weighted by Gasteiger charge is 2.32. The van der Waals surface area contributed by atoms with E-state index in [1.54, 1.807) is 0 Å². The lowest BCUT2D eigenvalue weighted by Crippen LogP contribution is -2.33. The van der Waals surface area contributed by atoms with Crippen molar-refractivity contribution in [2.24, 2.45) is 5.92 Å². The molecule has 0 aliphatic heterocycles. The number of carboxylic acid groups (broad SMARTS) is 1. The van der Waals surface area contributed by atoms with Crippen molar-refractivity contribution in [2.45, 2.75) is 39.2 Å². The van der Waals surface area contributed by atoms with Crippen molar-refractivity contribution < 1.29 is 19.1 Å². The van der Waals surface area contributed by atoms with E-state index in [2.05, 4.69) is 5.32 Å². The molecule has 1 aromatic heterocycles. The van der Waals surface area contributed by atoms with E-state index in [4.69, 9.17) is 9.52 Å². The van der Waals surface area contributed by atoms with Gasteiger partial charge in [-0.2, -0.15) is 0 Å². The highest BCUT2D eigenvalue weighted by atomic mass is 16.4. The van der Waals surface area contributed by atoms with E-state index in [9.17, 15) is 9.59 Å². The molecule has 2 atom stereocenters. The Labute approximate surface area is 140 Å². The van der Waals surface area contributed by atoms with Crippen LogP contribution in [0.25, 0.3) is 11.3 Å². The zero-order valence-corrected chi connectivity index (χ0v) is 13.8. The lowest BCUT2D eigenvalue weighted by molar-refractivity contribution is -0.141. The predicted molar refractivity (Wildman–Crippen MR) is 89.8 cm³/mol. The number of aliphatic carboxylic acids is 1. The van der Waals surface area contributed by atoms with Gasteiger partial charge in [-0.25, -0.2) is 0 Å². The first-order valence-corrected chi connectivity index (χ1v) is 8.16. The van der Waals surface area contributed by atoms with Crippen molar-refractivity contribution in [3.63, 3.8) is 0 Å². The van der Waals surface area contributed by atoms with Gasteiger partial charge < -0.3 is 14.8 Å². The number of carbonyl (C=O) groups is 2. The van der Waals surface area contributed by atoms with Gasteiger partial charge in [-0.15, -0.1) is 0 Å². The van der Waals surface area contributed by atoms with Crippen molar-refractivity contribution in [3.8, 4) is 11.3 Å². The van der Waals surface area contributed by atoms with E-state index in [1.165, 1.54) is 0 Å². The number of carbonyl (C=O) groups excluding carboxylic acids is 1. The molecule has 0 radical (unpaired) electrons. The second-order valence-electron chi connectivity index (χ2n) is 6.37. The molecule has 1 aliphatic rings. The SMILES string of the molecule is Cc1oc(-c2ccccc2)c(C(=O)N[C@@H]2CC[C@H](C(=O)O)C2)c1C. The maximum atomic E-state index is 12.8. The average Bonchev–Trinajstić information content (AvgIpc) is 3.14. The molecule has 3 rings (SSSR count). The number of nitrogens with one attached hydrogen (secondary N) is 1. The molecule has 0 spiro atoms. The number of benzene rings is 1. The number of rotatable bonds is 4. The summed E-state index contributed by atoms with van der Waals surface area (Å²) in [4.78, 5) is 23.9. The van der Waals surface area contributed by atoms with E-state index in [0.717, 1.165) is 11.1 Å². The van der Waals surface area contributed by atoms with Crippen LogP contribution >= 0.6 is 0 Å². The third-order valence-electron chi connectivity index (χ3n) is 4.77. The van der Waals surface area contributed by atoms with Crippen LogP contribution in [0.5, 0.6) is 0 Å². The molecule has 1 amide bonds. The molecular weight excluding hydrogens is 306 g/mol. The van der Waals surface area contributed by atoms with Gasteiger partial charge in [0.2, 0.25) is 0 Å². The average molecular weight is 327 g/mol. The van der Waals surface area contributed by atoms with Crippen molar-refractivity contribution in [2.75, 3.05) is 0 Å². The summed E-state index contributed by atoms with van der Waals surface area (Å²) in [6.45, 7) is 3.71. The lowest BCUT2D eigenvalue weighted by Gasteiger charge is -2.13. The summed E-state index contributed by atoms with van der Waals surface area (Å²) >= 11 is 0. The molecule has 1 heterocycles. The minimum atomic E-state index is -0.785. The topological polar surface area (TPSA) is 79.5 Å². The first-order chi connectivity index (χ1) is 11.5. The Morgan fingerprint density at radius 3 is 2.50 bits per heavy atom. The smallest absolute Gasteiger partial charge is 0.306 e. The van der Waals surface area contributed by atoms with Gasteiger partial charge in [0.1, 0.15) is 11.5 Å². The zero-order valence-electron chi connectivity index (χ0n) is 13.8. The molecule has 24 heavy (non-hydrogen) atoms. The Kier molecular flexibility index (Phi) is 4.42. The second kappa shape index (κ2) is 6.51. The number of hydrogen-bond acceptors (Lipinski definition) is 3. The number of aryl methyl sites for hydroxylation is 1. The Balaban J connectivity index is 1.84. The molecule has 2 N–H and O–H groups in total.